The second-order valence-corrected chi connectivity index (χ2v) is 6.08. The molecule has 118 valence electrons. The lowest BCUT2D eigenvalue weighted by Crippen LogP contribution is -2.47. The van der Waals surface area contributed by atoms with Gasteiger partial charge in [-0.3, -0.25) is 0 Å². The molecule has 0 aromatic heterocycles. The first kappa shape index (κ1) is 16.4. The molecule has 1 fully saturated rings. The molecule has 1 saturated heterocycles. The van der Waals surface area contributed by atoms with Gasteiger partial charge in [0.05, 0.1) is 5.60 Å². The Morgan fingerprint density at radius 1 is 1.29 bits per heavy atom. The van der Waals surface area contributed by atoms with Gasteiger partial charge in [0.15, 0.2) is 0 Å². The molecule has 0 amide bonds. The zero-order valence-electron chi connectivity index (χ0n) is 13.5. The van der Waals surface area contributed by atoms with Crippen LogP contribution < -0.4 is 5.32 Å². The average molecular weight is 293 g/mol. The van der Waals surface area contributed by atoms with Crippen molar-refractivity contribution in [2.24, 2.45) is 0 Å². The minimum Gasteiger partial charge on any atom is -0.375 e. The quantitative estimate of drug-likeness (QED) is 0.827. The van der Waals surface area contributed by atoms with Crippen LogP contribution in [0.2, 0.25) is 0 Å². The van der Waals surface area contributed by atoms with Crippen LogP contribution in [0.25, 0.3) is 0 Å². The molecule has 1 N–H and O–H groups in total. The summed E-state index contributed by atoms with van der Waals surface area (Å²) in [4.78, 5) is 0. The maximum absolute atomic E-state index is 14.0. The molecule has 21 heavy (non-hydrogen) atoms. The fraction of sp³-hybridized carbons (Fsp3) is 0.667. The number of hydrogen-bond acceptors (Lipinski definition) is 2. The molecule has 0 aliphatic carbocycles. The number of halogens is 1. The molecule has 1 heterocycles. The highest BCUT2D eigenvalue weighted by atomic mass is 19.1. The SMILES string of the molecule is CCC(NC1CCOC(CC)(CC)C1)c1ccccc1F. The van der Waals surface area contributed by atoms with E-state index in [1.165, 1.54) is 0 Å². The summed E-state index contributed by atoms with van der Waals surface area (Å²) in [7, 11) is 0. The molecule has 0 saturated carbocycles. The number of rotatable bonds is 6. The Balaban J connectivity index is 2.07. The van der Waals surface area contributed by atoms with Crippen LogP contribution in [0.3, 0.4) is 0 Å². The molecule has 1 aliphatic heterocycles. The normalized spacial score (nSPS) is 23.0. The van der Waals surface area contributed by atoms with Crippen molar-refractivity contribution in [2.45, 2.75) is 70.6 Å². The Bertz CT molecular complexity index is 445. The van der Waals surface area contributed by atoms with E-state index in [2.05, 4.69) is 26.1 Å². The van der Waals surface area contributed by atoms with Gasteiger partial charge in [-0.25, -0.2) is 4.39 Å². The van der Waals surface area contributed by atoms with Gasteiger partial charge in [-0.2, -0.15) is 0 Å². The molecule has 2 unspecified atom stereocenters. The largest absolute Gasteiger partial charge is 0.375 e. The summed E-state index contributed by atoms with van der Waals surface area (Å²) in [5.41, 5.74) is 0.786. The summed E-state index contributed by atoms with van der Waals surface area (Å²) in [6, 6.07) is 7.59. The number of ether oxygens (including phenoxy) is 1. The zero-order valence-corrected chi connectivity index (χ0v) is 13.5. The fourth-order valence-electron chi connectivity index (χ4n) is 3.38. The first-order valence-electron chi connectivity index (χ1n) is 8.28. The van der Waals surface area contributed by atoms with Gasteiger partial charge in [-0.1, -0.05) is 39.0 Å². The van der Waals surface area contributed by atoms with Gasteiger partial charge in [0.2, 0.25) is 0 Å². The van der Waals surface area contributed by atoms with Gasteiger partial charge in [-0.05, 0) is 38.2 Å². The minimum absolute atomic E-state index is 0.00341. The van der Waals surface area contributed by atoms with Crippen LogP contribution in [0.4, 0.5) is 4.39 Å². The maximum Gasteiger partial charge on any atom is 0.127 e. The van der Waals surface area contributed by atoms with Crippen molar-refractivity contribution in [1.82, 2.24) is 5.32 Å². The van der Waals surface area contributed by atoms with Crippen LogP contribution in [0.15, 0.2) is 24.3 Å². The predicted octanol–water partition coefficient (Wildman–Crippen LogP) is 4.60. The molecule has 2 nitrogen and oxygen atoms in total. The summed E-state index contributed by atoms with van der Waals surface area (Å²) in [6.45, 7) is 7.30. The number of benzene rings is 1. The summed E-state index contributed by atoms with van der Waals surface area (Å²) in [6.07, 6.45) is 5.00. The highest BCUT2D eigenvalue weighted by molar-refractivity contribution is 5.21. The molecule has 2 atom stereocenters. The second-order valence-electron chi connectivity index (χ2n) is 6.08. The third-order valence-corrected chi connectivity index (χ3v) is 4.91. The van der Waals surface area contributed by atoms with E-state index >= 15 is 0 Å². The van der Waals surface area contributed by atoms with Crippen LogP contribution in [0, 0.1) is 5.82 Å². The molecular weight excluding hydrogens is 265 g/mol. The van der Waals surface area contributed by atoms with Crippen molar-refractivity contribution >= 4 is 0 Å². The van der Waals surface area contributed by atoms with E-state index in [-0.39, 0.29) is 17.5 Å². The lowest BCUT2D eigenvalue weighted by Gasteiger charge is -2.41. The predicted molar refractivity (Wildman–Crippen MR) is 84.9 cm³/mol. The Hall–Kier alpha value is -0.930. The van der Waals surface area contributed by atoms with E-state index in [0.717, 1.165) is 44.3 Å². The third-order valence-electron chi connectivity index (χ3n) is 4.91. The second kappa shape index (κ2) is 7.37. The number of nitrogens with one attached hydrogen (secondary N) is 1. The highest BCUT2D eigenvalue weighted by Gasteiger charge is 2.35. The molecule has 1 aliphatic rings. The first-order valence-corrected chi connectivity index (χ1v) is 8.28. The van der Waals surface area contributed by atoms with E-state index in [1.54, 1.807) is 12.1 Å². The zero-order chi connectivity index (χ0) is 15.3. The van der Waals surface area contributed by atoms with Crippen molar-refractivity contribution in [1.29, 1.82) is 0 Å². The van der Waals surface area contributed by atoms with Crippen LogP contribution in [-0.2, 0) is 4.74 Å². The van der Waals surface area contributed by atoms with Gasteiger partial charge in [0, 0.05) is 24.3 Å². The van der Waals surface area contributed by atoms with Crippen molar-refractivity contribution in [3.63, 3.8) is 0 Å². The summed E-state index contributed by atoms with van der Waals surface area (Å²) in [5, 5.41) is 3.67. The summed E-state index contributed by atoms with van der Waals surface area (Å²) in [5.74, 6) is -0.110. The van der Waals surface area contributed by atoms with E-state index in [1.807, 2.05) is 12.1 Å². The fourth-order valence-corrected chi connectivity index (χ4v) is 3.38. The van der Waals surface area contributed by atoms with E-state index in [9.17, 15) is 4.39 Å². The lowest BCUT2D eigenvalue weighted by molar-refractivity contribution is -0.0942. The van der Waals surface area contributed by atoms with Gasteiger partial charge in [0.25, 0.3) is 0 Å². The molecule has 0 radical (unpaired) electrons. The standard InChI is InChI=1S/C18H28FNO/c1-4-17(15-9-7-8-10-16(15)19)20-14-11-12-21-18(5-2,6-3)13-14/h7-10,14,17,20H,4-6,11-13H2,1-3H3. The Morgan fingerprint density at radius 3 is 2.62 bits per heavy atom. The molecule has 0 bridgehead atoms. The Labute approximate surface area is 128 Å². The smallest absolute Gasteiger partial charge is 0.127 e. The monoisotopic (exact) mass is 293 g/mol. The van der Waals surface area contributed by atoms with Crippen LogP contribution in [0.1, 0.15) is 64.5 Å². The van der Waals surface area contributed by atoms with E-state index in [4.69, 9.17) is 4.74 Å². The van der Waals surface area contributed by atoms with Crippen molar-refractivity contribution in [2.75, 3.05) is 6.61 Å². The third kappa shape index (κ3) is 3.83. The first-order chi connectivity index (χ1) is 10.1. The van der Waals surface area contributed by atoms with Crippen molar-refractivity contribution in [3.8, 4) is 0 Å². The molecule has 3 heteroatoms. The van der Waals surface area contributed by atoms with Crippen LogP contribution in [-0.4, -0.2) is 18.2 Å². The highest BCUT2D eigenvalue weighted by Crippen LogP contribution is 2.33. The summed E-state index contributed by atoms with van der Waals surface area (Å²) < 4.78 is 20.0. The minimum atomic E-state index is -0.110. The van der Waals surface area contributed by atoms with Crippen LogP contribution in [0.5, 0.6) is 0 Å². The summed E-state index contributed by atoms with van der Waals surface area (Å²) >= 11 is 0. The van der Waals surface area contributed by atoms with Crippen LogP contribution >= 0.6 is 0 Å². The van der Waals surface area contributed by atoms with Gasteiger partial charge < -0.3 is 10.1 Å². The Morgan fingerprint density at radius 2 is 2.00 bits per heavy atom. The van der Waals surface area contributed by atoms with E-state index in [0.29, 0.717) is 6.04 Å². The number of hydrogen-bond donors (Lipinski definition) is 1. The van der Waals surface area contributed by atoms with Crippen molar-refractivity contribution < 1.29 is 9.13 Å². The molecule has 1 aromatic rings. The van der Waals surface area contributed by atoms with E-state index < -0.39 is 0 Å². The lowest BCUT2D eigenvalue weighted by atomic mass is 9.85. The average Bonchev–Trinajstić information content (AvgIpc) is 2.53. The molecule has 0 spiro atoms. The van der Waals surface area contributed by atoms with Gasteiger partial charge in [0.1, 0.15) is 5.82 Å². The molecule has 2 rings (SSSR count). The molecular formula is C18H28FNO. The van der Waals surface area contributed by atoms with Gasteiger partial charge >= 0.3 is 0 Å². The molecule has 1 aromatic carbocycles. The Kier molecular flexibility index (Phi) is 5.77. The topological polar surface area (TPSA) is 21.3 Å². The van der Waals surface area contributed by atoms with Crippen molar-refractivity contribution in [3.05, 3.63) is 35.6 Å². The van der Waals surface area contributed by atoms with Gasteiger partial charge in [-0.15, -0.1) is 0 Å². The maximum atomic E-state index is 14.0.